The number of hydrogen-bond donors (Lipinski definition) is 2. The van der Waals surface area contributed by atoms with Crippen LogP contribution in [0.3, 0.4) is 0 Å². The van der Waals surface area contributed by atoms with Gasteiger partial charge in [-0.1, -0.05) is 100 Å². The molecule has 0 aliphatic carbocycles. The maximum atomic E-state index is 13.5. The maximum absolute atomic E-state index is 13.5. The molecule has 2 N–H and O–H groups in total. The second-order valence-electron chi connectivity index (χ2n) is 10.6. The van der Waals surface area contributed by atoms with Crippen molar-refractivity contribution in [2.75, 3.05) is 23.3 Å². The first-order valence-corrected chi connectivity index (χ1v) is 14.7. The molecule has 0 fully saturated rings. The van der Waals surface area contributed by atoms with Crippen LogP contribution in [0, 0.1) is 0 Å². The average molecular weight is 526 g/mol. The zero-order chi connectivity index (χ0) is 27.3. The fraction of sp³-hybridized carbons (Fsp3) is 0.412. The van der Waals surface area contributed by atoms with E-state index in [1.165, 1.54) is 48.8 Å². The molecule has 0 spiro atoms. The van der Waals surface area contributed by atoms with Crippen LogP contribution in [0.4, 0.5) is 11.4 Å². The standard InChI is InChI=1S/C34H43N3O2/c1-2-3-4-5-6-7-11-18-33(38)36-30-19-20-32(37-24-22-28-16-12-13-17-29(28)26-37)31(25-30)34(39)35-23-21-27-14-9-8-10-15-27/h8-10,12-17,19-20,25H,2-7,11,18,21-24,26H2,1H3,(H,35,39)(H,36,38). The van der Waals surface area contributed by atoms with Gasteiger partial charge in [-0.25, -0.2) is 0 Å². The van der Waals surface area contributed by atoms with Crippen molar-refractivity contribution in [2.45, 2.75) is 77.7 Å². The van der Waals surface area contributed by atoms with Crippen molar-refractivity contribution in [3.05, 3.63) is 95.1 Å². The van der Waals surface area contributed by atoms with E-state index >= 15 is 0 Å². The molecule has 2 amide bonds. The average Bonchev–Trinajstić information content (AvgIpc) is 2.97. The van der Waals surface area contributed by atoms with Gasteiger partial charge in [0.15, 0.2) is 0 Å². The summed E-state index contributed by atoms with van der Waals surface area (Å²) < 4.78 is 0. The molecule has 1 aliphatic heterocycles. The van der Waals surface area contributed by atoms with E-state index in [-0.39, 0.29) is 11.8 Å². The molecule has 0 aromatic heterocycles. The molecule has 0 saturated carbocycles. The molecule has 0 radical (unpaired) electrons. The first kappa shape index (κ1) is 28.4. The second kappa shape index (κ2) is 15.1. The predicted octanol–water partition coefficient (Wildman–Crippen LogP) is 7.30. The zero-order valence-electron chi connectivity index (χ0n) is 23.4. The summed E-state index contributed by atoms with van der Waals surface area (Å²) in [7, 11) is 0. The SMILES string of the molecule is CCCCCCCCCC(=O)Nc1ccc(N2CCc3ccccc3C2)c(C(=O)NCCc2ccccc2)c1. The number of carbonyl (C=O) groups excluding carboxylic acids is 2. The third kappa shape index (κ3) is 8.71. The lowest BCUT2D eigenvalue weighted by atomic mass is 9.98. The molecule has 3 aromatic rings. The molecule has 0 bridgehead atoms. The third-order valence-electron chi connectivity index (χ3n) is 7.55. The lowest BCUT2D eigenvalue weighted by Crippen LogP contribution is -2.33. The minimum absolute atomic E-state index is 0.0126. The highest BCUT2D eigenvalue weighted by atomic mass is 16.2. The van der Waals surface area contributed by atoms with Crippen LogP contribution in [0.15, 0.2) is 72.8 Å². The van der Waals surface area contributed by atoms with E-state index in [0.29, 0.717) is 24.2 Å². The highest BCUT2D eigenvalue weighted by Gasteiger charge is 2.22. The van der Waals surface area contributed by atoms with E-state index in [0.717, 1.165) is 44.5 Å². The van der Waals surface area contributed by atoms with Gasteiger partial charge in [0.1, 0.15) is 0 Å². The smallest absolute Gasteiger partial charge is 0.253 e. The highest BCUT2D eigenvalue weighted by molar-refractivity contribution is 6.02. The molecule has 0 unspecified atom stereocenters. The van der Waals surface area contributed by atoms with Crippen LogP contribution in [0.2, 0.25) is 0 Å². The van der Waals surface area contributed by atoms with E-state index in [2.05, 4.69) is 58.9 Å². The van der Waals surface area contributed by atoms with Crippen LogP contribution in [-0.2, 0) is 24.2 Å². The summed E-state index contributed by atoms with van der Waals surface area (Å²) >= 11 is 0. The van der Waals surface area contributed by atoms with Crippen molar-refractivity contribution in [3.8, 4) is 0 Å². The van der Waals surface area contributed by atoms with E-state index in [1.54, 1.807) is 0 Å². The van der Waals surface area contributed by atoms with Crippen molar-refractivity contribution in [2.24, 2.45) is 0 Å². The van der Waals surface area contributed by atoms with Crippen LogP contribution in [-0.4, -0.2) is 24.9 Å². The van der Waals surface area contributed by atoms with Crippen LogP contribution in [0.1, 0.15) is 85.3 Å². The van der Waals surface area contributed by atoms with Gasteiger partial charge in [0.2, 0.25) is 5.91 Å². The Hall–Kier alpha value is -3.60. The third-order valence-corrected chi connectivity index (χ3v) is 7.55. The van der Waals surface area contributed by atoms with E-state index in [4.69, 9.17) is 0 Å². The molecular formula is C34H43N3O2. The van der Waals surface area contributed by atoms with Crippen LogP contribution in [0.25, 0.3) is 0 Å². The number of hydrogen-bond acceptors (Lipinski definition) is 3. The summed E-state index contributed by atoms with van der Waals surface area (Å²) in [5.74, 6) is -0.0957. The summed E-state index contributed by atoms with van der Waals surface area (Å²) in [4.78, 5) is 28.4. The Bertz CT molecular complexity index is 1210. The monoisotopic (exact) mass is 525 g/mol. The first-order valence-electron chi connectivity index (χ1n) is 14.7. The summed E-state index contributed by atoms with van der Waals surface area (Å²) in [5.41, 5.74) is 6.06. The first-order chi connectivity index (χ1) is 19.1. The molecule has 4 rings (SSSR count). The minimum Gasteiger partial charge on any atom is -0.366 e. The van der Waals surface area contributed by atoms with Gasteiger partial charge in [0.25, 0.3) is 5.91 Å². The zero-order valence-corrected chi connectivity index (χ0v) is 23.4. The number of rotatable bonds is 14. The molecule has 1 heterocycles. The largest absolute Gasteiger partial charge is 0.366 e. The lowest BCUT2D eigenvalue weighted by molar-refractivity contribution is -0.116. The van der Waals surface area contributed by atoms with Gasteiger partial charge < -0.3 is 15.5 Å². The topological polar surface area (TPSA) is 61.4 Å². The molecule has 206 valence electrons. The van der Waals surface area contributed by atoms with Crippen molar-refractivity contribution in [1.29, 1.82) is 0 Å². The van der Waals surface area contributed by atoms with Gasteiger partial charge in [-0.15, -0.1) is 0 Å². The van der Waals surface area contributed by atoms with E-state index in [9.17, 15) is 9.59 Å². The van der Waals surface area contributed by atoms with Crippen molar-refractivity contribution in [3.63, 3.8) is 0 Å². The molecule has 0 saturated heterocycles. The lowest BCUT2D eigenvalue weighted by Gasteiger charge is -2.32. The molecule has 0 atom stereocenters. The van der Waals surface area contributed by atoms with Crippen LogP contribution < -0.4 is 15.5 Å². The molecule has 5 heteroatoms. The van der Waals surface area contributed by atoms with E-state index < -0.39 is 0 Å². The maximum Gasteiger partial charge on any atom is 0.253 e. The number of benzene rings is 3. The Labute approximate surface area is 234 Å². The van der Waals surface area contributed by atoms with Gasteiger partial charge >= 0.3 is 0 Å². The van der Waals surface area contributed by atoms with Crippen molar-refractivity contribution >= 4 is 23.2 Å². The number of fused-ring (bicyclic) bond motifs is 1. The van der Waals surface area contributed by atoms with Gasteiger partial charge in [-0.3, -0.25) is 9.59 Å². The molecule has 3 aromatic carbocycles. The Balaban J connectivity index is 1.41. The number of nitrogens with one attached hydrogen (secondary N) is 2. The number of nitrogens with zero attached hydrogens (tertiary/aromatic N) is 1. The quantitative estimate of drug-likeness (QED) is 0.217. The predicted molar refractivity (Wildman–Crippen MR) is 161 cm³/mol. The fourth-order valence-corrected chi connectivity index (χ4v) is 5.30. The normalized spacial score (nSPS) is 12.6. The van der Waals surface area contributed by atoms with Gasteiger partial charge in [-0.2, -0.15) is 0 Å². The number of amides is 2. The Morgan fingerprint density at radius 2 is 1.54 bits per heavy atom. The van der Waals surface area contributed by atoms with Crippen LogP contribution >= 0.6 is 0 Å². The fourth-order valence-electron chi connectivity index (χ4n) is 5.30. The Morgan fingerprint density at radius 1 is 0.821 bits per heavy atom. The summed E-state index contributed by atoms with van der Waals surface area (Å²) in [6.07, 6.45) is 10.5. The van der Waals surface area contributed by atoms with Gasteiger partial charge in [0, 0.05) is 37.4 Å². The van der Waals surface area contributed by atoms with Crippen LogP contribution in [0.5, 0.6) is 0 Å². The highest BCUT2D eigenvalue weighted by Crippen LogP contribution is 2.30. The van der Waals surface area contributed by atoms with Crippen molar-refractivity contribution < 1.29 is 9.59 Å². The number of unbranched alkanes of at least 4 members (excludes halogenated alkanes) is 6. The summed E-state index contributed by atoms with van der Waals surface area (Å²) in [6, 6.07) is 24.5. The second-order valence-corrected chi connectivity index (χ2v) is 10.6. The molecule has 5 nitrogen and oxygen atoms in total. The minimum atomic E-state index is -0.108. The number of anilines is 2. The van der Waals surface area contributed by atoms with Crippen molar-refractivity contribution in [1.82, 2.24) is 5.32 Å². The summed E-state index contributed by atoms with van der Waals surface area (Å²) in [6.45, 7) is 4.40. The van der Waals surface area contributed by atoms with Gasteiger partial charge in [-0.05, 0) is 54.2 Å². The summed E-state index contributed by atoms with van der Waals surface area (Å²) in [5, 5.41) is 6.15. The van der Waals surface area contributed by atoms with E-state index in [1.807, 2.05) is 36.4 Å². The number of carbonyl (C=O) groups is 2. The molecular weight excluding hydrogens is 482 g/mol. The molecule has 1 aliphatic rings. The van der Waals surface area contributed by atoms with Gasteiger partial charge in [0.05, 0.1) is 5.56 Å². The molecule has 39 heavy (non-hydrogen) atoms. The Kier molecular flexibility index (Phi) is 11.0. The Morgan fingerprint density at radius 3 is 2.33 bits per heavy atom.